The van der Waals surface area contributed by atoms with Crippen LogP contribution in [0.3, 0.4) is 0 Å². The summed E-state index contributed by atoms with van der Waals surface area (Å²) in [5, 5.41) is 17.7. The van der Waals surface area contributed by atoms with Crippen LogP contribution in [-0.2, 0) is 27.2 Å². The minimum absolute atomic E-state index is 0.0184. The number of alkyl carbamates (subject to hydrolysis) is 1. The van der Waals surface area contributed by atoms with Crippen molar-refractivity contribution in [1.29, 1.82) is 0 Å². The van der Waals surface area contributed by atoms with E-state index in [4.69, 9.17) is 18.9 Å². The number of aliphatic hydroxyl groups is 1. The van der Waals surface area contributed by atoms with E-state index in [2.05, 4.69) is 24.5 Å². The van der Waals surface area contributed by atoms with Gasteiger partial charge in [0.2, 0.25) is 5.91 Å². The molecule has 4 atom stereocenters. The van der Waals surface area contributed by atoms with Gasteiger partial charge in [-0.3, -0.25) is 4.79 Å². The second-order valence-corrected chi connectivity index (χ2v) is 13.7. The summed E-state index contributed by atoms with van der Waals surface area (Å²) in [7, 11) is 3.29. The molecule has 2 amide bonds. The average Bonchev–Trinajstić information content (AvgIpc) is 2.99. The average molecular weight is 643 g/mol. The molecule has 0 radical (unpaired) electrons. The standard InChI is InChI=1S/C37H58N2O7/c1-25(2)29(20-28-16-17-33(44-9)34(21-28)45-19-13-18-43-8)22-31(39-36(42)46-37(5,6)7)32(40)23-30(26(3)4)35(41)38-24-27-14-11-10-12-15-27/h10-12,14-17,21,25-26,29-32,40H,13,18-20,22-24H2,1-9H3,(H,38,41)(H,39,42)/t29-,30-,31-,32-/m0/s1. The number of hydrogen-bond acceptors (Lipinski definition) is 7. The maximum absolute atomic E-state index is 13.3. The molecule has 0 saturated heterocycles. The number of methoxy groups -OCH3 is 2. The van der Waals surface area contributed by atoms with Gasteiger partial charge < -0.3 is 34.7 Å². The summed E-state index contributed by atoms with van der Waals surface area (Å²) in [6.45, 7) is 15.2. The molecule has 0 spiro atoms. The zero-order chi connectivity index (χ0) is 34.3. The first-order chi connectivity index (χ1) is 21.7. The molecule has 0 unspecified atom stereocenters. The Morgan fingerprint density at radius 2 is 1.57 bits per heavy atom. The van der Waals surface area contributed by atoms with Gasteiger partial charge in [0.15, 0.2) is 11.5 Å². The van der Waals surface area contributed by atoms with E-state index >= 15 is 0 Å². The topological polar surface area (TPSA) is 115 Å². The Morgan fingerprint density at radius 3 is 2.15 bits per heavy atom. The summed E-state index contributed by atoms with van der Waals surface area (Å²) in [6.07, 6.45) is 0.580. The second-order valence-electron chi connectivity index (χ2n) is 13.7. The third-order valence-electron chi connectivity index (χ3n) is 8.09. The Kier molecular flexibility index (Phi) is 16.4. The highest BCUT2D eigenvalue weighted by molar-refractivity contribution is 5.79. The van der Waals surface area contributed by atoms with Gasteiger partial charge in [-0.25, -0.2) is 4.79 Å². The van der Waals surface area contributed by atoms with Crippen LogP contribution in [0, 0.1) is 23.7 Å². The lowest BCUT2D eigenvalue weighted by Gasteiger charge is -2.33. The van der Waals surface area contributed by atoms with Gasteiger partial charge in [0.05, 0.1) is 25.9 Å². The highest BCUT2D eigenvalue weighted by Crippen LogP contribution is 2.32. The van der Waals surface area contributed by atoms with Gasteiger partial charge in [-0.1, -0.05) is 64.1 Å². The Balaban J connectivity index is 2.26. The van der Waals surface area contributed by atoms with Crippen LogP contribution in [0.1, 0.15) is 78.9 Å². The monoisotopic (exact) mass is 642 g/mol. The van der Waals surface area contributed by atoms with Crippen molar-refractivity contribution >= 4 is 12.0 Å². The molecule has 0 aromatic heterocycles. The molecule has 0 bridgehead atoms. The van der Waals surface area contributed by atoms with Crippen LogP contribution < -0.4 is 20.1 Å². The van der Waals surface area contributed by atoms with E-state index in [1.165, 1.54) is 0 Å². The molecule has 0 aliphatic carbocycles. The first-order valence-corrected chi connectivity index (χ1v) is 16.5. The summed E-state index contributed by atoms with van der Waals surface area (Å²) >= 11 is 0. The van der Waals surface area contributed by atoms with E-state index < -0.39 is 29.8 Å². The molecule has 9 heteroatoms. The van der Waals surface area contributed by atoms with E-state index in [9.17, 15) is 14.7 Å². The molecule has 46 heavy (non-hydrogen) atoms. The van der Waals surface area contributed by atoms with E-state index in [-0.39, 0.29) is 30.1 Å². The molecule has 3 N–H and O–H groups in total. The molecule has 2 rings (SSSR count). The summed E-state index contributed by atoms with van der Waals surface area (Å²) < 4.78 is 22.3. The van der Waals surface area contributed by atoms with Crippen molar-refractivity contribution in [1.82, 2.24) is 10.6 Å². The maximum Gasteiger partial charge on any atom is 0.407 e. The van der Waals surface area contributed by atoms with Gasteiger partial charge >= 0.3 is 6.09 Å². The molecular weight excluding hydrogens is 584 g/mol. The van der Waals surface area contributed by atoms with Crippen molar-refractivity contribution in [2.24, 2.45) is 23.7 Å². The predicted octanol–water partition coefficient (Wildman–Crippen LogP) is 6.55. The third-order valence-corrected chi connectivity index (χ3v) is 8.09. The fourth-order valence-corrected chi connectivity index (χ4v) is 5.36. The van der Waals surface area contributed by atoms with Gasteiger partial charge in [0.25, 0.3) is 0 Å². The summed E-state index contributed by atoms with van der Waals surface area (Å²) in [5.74, 6) is 1.07. The normalized spacial score (nSPS) is 14.3. The Hall–Kier alpha value is -3.30. The SMILES string of the molecule is COCCCOc1cc(C[C@@H](C[C@H](NC(=O)OC(C)(C)C)[C@@H](O)C[C@H](C(=O)NCc2ccccc2)C(C)C)C(C)C)ccc1OC. The van der Waals surface area contributed by atoms with Crippen molar-refractivity contribution < 1.29 is 33.6 Å². The number of carbonyl (C=O) groups is 2. The van der Waals surface area contributed by atoms with Crippen molar-refractivity contribution in [3.8, 4) is 11.5 Å². The lowest BCUT2D eigenvalue weighted by molar-refractivity contribution is -0.127. The first kappa shape index (κ1) is 38.9. The molecule has 0 aliphatic rings. The molecular formula is C37H58N2O7. The molecule has 0 fully saturated rings. The number of carbonyl (C=O) groups excluding carboxylic acids is 2. The smallest absolute Gasteiger partial charge is 0.407 e. The van der Waals surface area contributed by atoms with Crippen LogP contribution in [0.5, 0.6) is 11.5 Å². The first-order valence-electron chi connectivity index (χ1n) is 16.5. The molecule has 9 nitrogen and oxygen atoms in total. The minimum Gasteiger partial charge on any atom is -0.493 e. The van der Waals surface area contributed by atoms with Gasteiger partial charge in [-0.2, -0.15) is 0 Å². The zero-order valence-corrected chi connectivity index (χ0v) is 29.4. The highest BCUT2D eigenvalue weighted by atomic mass is 16.6. The van der Waals surface area contributed by atoms with Crippen LogP contribution in [0.2, 0.25) is 0 Å². The summed E-state index contributed by atoms with van der Waals surface area (Å²) in [5.41, 5.74) is 1.37. The van der Waals surface area contributed by atoms with Crippen molar-refractivity contribution in [3.05, 3.63) is 59.7 Å². The Bertz CT molecular complexity index is 1180. The Labute approximate surface area is 276 Å². The van der Waals surface area contributed by atoms with Gasteiger partial charge in [0, 0.05) is 32.6 Å². The number of nitrogens with one attached hydrogen (secondary N) is 2. The molecule has 0 saturated carbocycles. The largest absolute Gasteiger partial charge is 0.493 e. The third kappa shape index (κ3) is 14.0. The van der Waals surface area contributed by atoms with Gasteiger partial charge in [-0.05, 0) is 81.0 Å². The van der Waals surface area contributed by atoms with Crippen LogP contribution in [0.15, 0.2) is 48.5 Å². The van der Waals surface area contributed by atoms with E-state index in [0.29, 0.717) is 44.1 Å². The van der Waals surface area contributed by atoms with Gasteiger partial charge in [0.1, 0.15) is 5.60 Å². The van der Waals surface area contributed by atoms with Gasteiger partial charge in [-0.15, -0.1) is 0 Å². The minimum atomic E-state index is -0.973. The highest BCUT2D eigenvalue weighted by Gasteiger charge is 2.33. The number of rotatable bonds is 19. The number of amides is 2. The van der Waals surface area contributed by atoms with Crippen molar-refractivity contribution in [2.45, 2.75) is 98.4 Å². The molecule has 2 aromatic rings. The Morgan fingerprint density at radius 1 is 0.870 bits per heavy atom. The number of hydrogen-bond donors (Lipinski definition) is 3. The van der Waals surface area contributed by atoms with Crippen molar-refractivity contribution in [3.63, 3.8) is 0 Å². The van der Waals surface area contributed by atoms with Crippen LogP contribution >= 0.6 is 0 Å². The second kappa shape index (κ2) is 19.4. The lowest BCUT2D eigenvalue weighted by Crippen LogP contribution is -2.48. The molecule has 0 heterocycles. The molecule has 258 valence electrons. The number of aliphatic hydroxyl groups excluding tert-OH is 1. The molecule has 0 aliphatic heterocycles. The quantitative estimate of drug-likeness (QED) is 0.149. The van der Waals surface area contributed by atoms with Crippen LogP contribution in [-0.4, -0.2) is 62.3 Å². The van der Waals surface area contributed by atoms with Crippen molar-refractivity contribution in [2.75, 3.05) is 27.4 Å². The van der Waals surface area contributed by atoms with Crippen LogP contribution in [0.25, 0.3) is 0 Å². The molecule has 2 aromatic carbocycles. The predicted molar refractivity (Wildman–Crippen MR) is 182 cm³/mol. The van der Waals surface area contributed by atoms with E-state index in [0.717, 1.165) is 17.5 Å². The fraction of sp³-hybridized carbons (Fsp3) is 0.622. The number of benzene rings is 2. The summed E-state index contributed by atoms with van der Waals surface area (Å²) in [4.78, 5) is 26.3. The maximum atomic E-state index is 13.3. The lowest BCUT2D eigenvalue weighted by atomic mass is 9.80. The fourth-order valence-electron chi connectivity index (χ4n) is 5.36. The summed E-state index contributed by atoms with van der Waals surface area (Å²) in [6, 6.07) is 15.0. The zero-order valence-electron chi connectivity index (χ0n) is 29.4. The number of ether oxygens (including phenoxy) is 4. The van der Waals surface area contributed by atoms with E-state index in [1.54, 1.807) is 35.0 Å². The van der Waals surface area contributed by atoms with E-state index in [1.807, 2.05) is 62.4 Å². The van der Waals surface area contributed by atoms with Crippen LogP contribution in [0.4, 0.5) is 4.79 Å².